The van der Waals surface area contributed by atoms with Crippen LogP contribution in [0.5, 0.6) is 0 Å². The van der Waals surface area contributed by atoms with Crippen LogP contribution in [0.15, 0.2) is 24.7 Å². The molecule has 0 bridgehead atoms. The number of methoxy groups -OCH3 is 1. The van der Waals surface area contributed by atoms with Gasteiger partial charge in [-0.15, -0.1) is 0 Å². The summed E-state index contributed by atoms with van der Waals surface area (Å²) in [6.07, 6.45) is 3.42. The molecule has 0 radical (unpaired) electrons. The van der Waals surface area contributed by atoms with Gasteiger partial charge < -0.3 is 9.16 Å². The first-order chi connectivity index (χ1) is 6.24. The van der Waals surface area contributed by atoms with E-state index >= 15 is 0 Å². The monoisotopic (exact) mass is 214 g/mol. The second kappa shape index (κ2) is 4.69. The second-order valence-electron chi connectivity index (χ2n) is 4.79. The minimum Gasteiger partial charge on any atom is -0.519 e. The molecule has 0 N–H and O–H groups in total. The van der Waals surface area contributed by atoms with Gasteiger partial charge in [0.15, 0.2) is 0 Å². The Morgan fingerprint density at radius 3 is 2.07 bits per heavy atom. The predicted octanol–water partition coefficient (Wildman–Crippen LogP) is 3.68. The summed E-state index contributed by atoms with van der Waals surface area (Å²) < 4.78 is 11.0. The van der Waals surface area contributed by atoms with Gasteiger partial charge in [-0.1, -0.05) is 33.4 Å². The quantitative estimate of drug-likeness (QED) is 0.404. The highest BCUT2D eigenvalue weighted by Crippen LogP contribution is 2.37. The van der Waals surface area contributed by atoms with Crippen LogP contribution >= 0.6 is 0 Å². The Labute approximate surface area is 88.7 Å². The normalized spacial score (nSPS) is 13.7. The smallest absolute Gasteiger partial charge is 0.264 e. The third-order valence-corrected chi connectivity index (χ3v) is 6.94. The van der Waals surface area contributed by atoms with E-state index in [0.29, 0.717) is 5.95 Å². The fraction of sp³-hybridized carbons (Fsp3) is 0.636. The van der Waals surface area contributed by atoms with Crippen molar-refractivity contribution in [2.45, 2.75) is 38.9 Å². The van der Waals surface area contributed by atoms with E-state index in [1.54, 1.807) is 19.3 Å². The molecule has 0 atom stereocenters. The topological polar surface area (TPSA) is 18.5 Å². The molecule has 0 amide bonds. The van der Waals surface area contributed by atoms with Crippen LogP contribution in [-0.2, 0) is 9.16 Å². The van der Waals surface area contributed by atoms with E-state index in [0.717, 1.165) is 0 Å². The van der Waals surface area contributed by atoms with Crippen LogP contribution in [0.25, 0.3) is 0 Å². The Hall–Kier alpha value is -0.703. The summed E-state index contributed by atoms with van der Waals surface area (Å²) in [6, 6.07) is 0. The zero-order chi connectivity index (χ0) is 11.4. The molecule has 14 heavy (non-hydrogen) atoms. The Morgan fingerprint density at radius 2 is 1.79 bits per heavy atom. The van der Waals surface area contributed by atoms with Gasteiger partial charge in [0, 0.05) is 6.08 Å². The highest BCUT2D eigenvalue weighted by Gasteiger charge is 2.39. The van der Waals surface area contributed by atoms with Gasteiger partial charge in [0.2, 0.25) is 0 Å². The lowest BCUT2D eigenvalue weighted by Gasteiger charge is -2.36. The van der Waals surface area contributed by atoms with Gasteiger partial charge in [0.1, 0.15) is 0 Å². The minimum atomic E-state index is -1.77. The molecule has 0 saturated heterocycles. The zero-order valence-electron chi connectivity index (χ0n) is 10.2. The molecule has 0 aliphatic heterocycles. The van der Waals surface area contributed by atoms with Crippen molar-refractivity contribution < 1.29 is 9.16 Å². The lowest BCUT2D eigenvalue weighted by atomic mass is 10.2. The average Bonchev–Trinajstić information content (AvgIpc) is 2.01. The summed E-state index contributed by atoms with van der Waals surface area (Å²) >= 11 is 0. The van der Waals surface area contributed by atoms with E-state index in [1.165, 1.54) is 0 Å². The first kappa shape index (κ1) is 13.3. The fourth-order valence-electron chi connectivity index (χ4n) is 0.645. The molecule has 3 heteroatoms. The summed E-state index contributed by atoms with van der Waals surface area (Å²) in [7, 11) is -0.154. The van der Waals surface area contributed by atoms with Crippen LogP contribution in [-0.4, -0.2) is 15.4 Å². The highest BCUT2D eigenvalue weighted by atomic mass is 28.4. The third-order valence-electron chi connectivity index (χ3n) is 2.62. The summed E-state index contributed by atoms with van der Waals surface area (Å²) in [4.78, 5) is 0. The standard InChI is InChI=1S/C11H22O2Si/c1-8-9-10(12-5)13-14(6,7)11(2,3)4/h8-9H,1H2,2-7H3. The Kier molecular flexibility index (Phi) is 4.45. The number of rotatable bonds is 4. The molecule has 0 spiro atoms. The van der Waals surface area contributed by atoms with Crippen molar-refractivity contribution in [1.82, 2.24) is 0 Å². The zero-order valence-corrected chi connectivity index (χ0v) is 11.2. The summed E-state index contributed by atoms with van der Waals surface area (Å²) in [5.74, 6) is 0.562. The maximum atomic E-state index is 5.90. The Bertz CT molecular complexity index is 224. The van der Waals surface area contributed by atoms with Gasteiger partial charge in [0.25, 0.3) is 14.3 Å². The molecule has 0 aliphatic rings. The van der Waals surface area contributed by atoms with E-state index < -0.39 is 8.32 Å². The second-order valence-corrected chi connectivity index (χ2v) is 9.51. The molecule has 0 aromatic carbocycles. The van der Waals surface area contributed by atoms with Gasteiger partial charge in [-0.05, 0) is 18.1 Å². The molecule has 2 nitrogen and oxygen atoms in total. The molecule has 0 unspecified atom stereocenters. The molecule has 0 saturated carbocycles. The first-order valence-corrected chi connectivity index (χ1v) is 7.71. The van der Waals surface area contributed by atoms with Gasteiger partial charge in [-0.3, -0.25) is 0 Å². The first-order valence-electron chi connectivity index (χ1n) is 4.80. The van der Waals surface area contributed by atoms with E-state index in [9.17, 15) is 0 Å². The number of ether oxygens (including phenoxy) is 1. The molecular formula is C11H22O2Si. The van der Waals surface area contributed by atoms with E-state index in [2.05, 4.69) is 40.4 Å². The van der Waals surface area contributed by atoms with Gasteiger partial charge in [-0.2, -0.15) is 0 Å². The van der Waals surface area contributed by atoms with Crippen LogP contribution in [0.2, 0.25) is 18.1 Å². The lowest BCUT2D eigenvalue weighted by Crippen LogP contribution is -2.40. The van der Waals surface area contributed by atoms with Crippen molar-refractivity contribution in [1.29, 1.82) is 0 Å². The van der Waals surface area contributed by atoms with Crippen molar-refractivity contribution in [3.05, 3.63) is 24.7 Å². The largest absolute Gasteiger partial charge is 0.519 e. The molecule has 0 aromatic heterocycles. The van der Waals surface area contributed by atoms with Crippen LogP contribution in [0.3, 0.4) is 0 Å². The summed E-state index contributed by atoms with van der Waals surface area (Å²) in [5, 5.41) is 0.186. The summed E-state index contributed by atoms with van der Waals surface area (Å²) in [6.45, 7) is 14.6. The maximum absolute atomic E-state index is 5.90. The Morgan fingerprint density at radius 1 is 1.29 bits per heavy atom. The molecule has 0 rings (SSSR count). The van der Waals surface area contributed by atoms with Crippen LogP contribution in [0.4, 0.5) is 0 Å². The average molecular weight is 214 g/mol. The molecule has 0 aliphatic carbocycles. The van der Waals surface area contributed by atoms with Gasteiger partial charge >= 0.3 is 0 Å². The van der Waals surface area contributed by atoms with Crippen LogP contribution < -0.4 is 0 Å². The van der Waals surface area contributed by atoms with E-state index in [-0.39, 0.29) is 5.04 Å². The van der Waals surface area contributed by atoms with Crippen molar-refractivity contribution in [3.63, 3.8) is 0 Å². The van der Waals surface area contributed by atoms with E-state index in [4.69, 9.17) is 9.16 Å². The molecule has 0 fully saturated rings. The third kappa shape index (κ3) is 3.58. The number of hydrogen-bond acceptors (Lipinski definition) is 2. The van der Waals surface area contributed by atoms with Crippen molar-refractivity contribution >= 4 is 8.32 Å². The number of hydrogen-bond donors (Lipinski definition) is 0. The minimum absolute atomic E-state index is 0.186. The number of allylic oxidation sites excluding steroid dienone is 2. The van der Waals surface area contributed by atoms with E-state index in [1.807, 2.05) is 0 Å². The molecule has 0 heterocycles. The lowest BCUT2D eigenvalue weighted by molar-refractivity contribution is 0.141. The molecular weight excluding hydrogens is 192 g/mol. The van der Waals surface area contributed by atoms with Crippen molar-refractivity contribution in [2.75, 3.05) is 7.11 Å². The van der Waals surface area contributed by atoms with Crippen molar-refractivity contribution in [3.8, 4) is 0 Å². The molecule has 82 valence electrons. The van der Waals surface area contributed by atoms with Crippen LogP contribution in [0, 0.1) is 0 Å². The predicted molar refractivity (Wildman–Crippen MR) is 63.6 cm³/mol. The summed E-state index contributed by atoms with van der Waals surface area (Å²) in [5.41, 5.74) is 0. The van der Waals surface area contributed by atoms with Gasteiger partial charge in [0.05, 0.1) is 7.11 Å². The maximum Gasteiger partial charge on any atom is 0.264 e. The van der Waals surface area contributed by atoms with Gasteiger partial charge in [-0.25, -0.2) is 0 Å². The van der Waals surface area contributed by atoms with Crippen LogP contribution in [0.1, 0.15) is 20.8 Å². The Balaban J connectivity index is 4.64. The SMILES string of the molecule is C=CC=C(OC)O[Si](C)(C)C(C)(C)C. The van der Waals surface area contributed by atoms with Crippen molar-refractivity contribution in [2.24, 2.45) is 0 Å². The highest BCUT2D eigenvalue weighted by molar-refractivity contribution is 6.74. The molecule has 0 aromatic rings. The fourth-order valence-corrected chi connectivity index (χ4v) is 1.61.